The Bertz CT molecular complexity index is 527. The van der Waals surface area contributed by atoms with Gasteiger partial charge in [0.15, 0.2) is 0 Å². The third kappa shape index (κ3) is 3.74. The molecule has 1 aromatic heterocycles. The van der Waals surface area contributed by atoms with Gasteiger partial charge in [-0.05, 0) is 36.1 Å². The average molecular weight is 359 g/mol. The van der Waals surface area contributed by atoms with Crippen LogP contribution in [0.15, 0.2) is 40.2 Å². The highest BCUT2D eigenvalue weighted by Gasteiger charge is 2.14. The standard InChI is InChI=1S/C15H17BrClNS/c1-11(8-14-4-3-7-19-14)18(2)15-9-13(16)6-5-12(15)10-17/h3-7,9,11H,8,10H2,1-2H3. The van der Waals surface area contributed by atoms with Crippen LogP contribution in [0.1, 0.15) is 17.4 Å². The monoisotopic (exact) mass is 357 g/mol. The predicted molar refractivity (Wildman–Crippen MR) is 89.6 cm³/mol. The molecule has 2 rings (SSSR count). The van der Waals surface area contributed by atoms with Gasteiger partial charge in [0.1, 0.15) is 0 Å². The molecule has 0 aliphatic carbocycles. The molecule has 0 N–H and O–H groups in total. The second-order valence-electron chi connectivity index (χ2n) is 4.65. The molecular weight excluding hydrogens is 342 g/mol. The van der Waals surface area contributed by atoms with Crippen LogP contribution in [0, 0.1) is 0 Å². The van der Waals surface area contributed by atoms with E-state index in [0.717, 1.165) is 10.9 Å². The van der Waals surface area contributed by atoms with Crippen molar-refractivity contribution in [3.63, 3.8) is 0 Å². The van der Waals surface area contributed by atoms with E-state index in [1.165, 1.54) is 16.1 Å². The normalized spacial score (nSPS) is 12.4. The summed E-state index contributed by atoms with van der Waals surface area (Å²) in [6, 6.07) is 11.0. The molecule has 19 heavy (non-hydrogen) atoms. The Hall–Kier alpha value is -0.510. The van der Waals surface area contributed by atoms with Gasteiger partial charge in [-0.1, -0.05) is 28.1 Å². The number of halogens is 2. The maximum Gasteiger partial charge on any atom is 0.0494 e. The van der Waals surface area contributed by atoms with Crippen LogP contribution in [0.5, 0.6) is 0 Å². The summed E-state index contributed by atoms with van der Waals surface area (Å²) in [6.07, 6.45) is 1.06. The molecule has 0 aliphatic rings. The van der Waals surface area contributed by atoms with Crippen molar-refractivity contribution in [2.24, 2.45) is 0 Å². The van der Waals surface area contributed by atoms with E-state index in [0.29, 0.717) is 11.9 Å². The molecule has 1 aromatic carbocycles. The Labute approximate surface area is 132 Å². The number of benzene rings is 1. The molecule has 102 valence electrons. The van der Waals surface area contributed by atoms with Gasteiger partial charge >= 0.3 is 0 Å². The zero-order valence-corrected chi connectivity index (χ0v) is 14.2. The highest BCUT2D eigenvalue weighted by atomic mass is 79.9. The van der Waals surface area contributed by atoms with E-state index in [1.807, 2.05) is 17.4 Å². The molecule has 0 aliphatic heterocycles. The first-order valence-electron chi connectivity index (χ1n) is 6.21. The maximum absolute atomic E-state index is 6.04. The largest absolute Gasteiger partial charge is 0.371 e. The van der Waals surface area contributed by atoms with Crippen LogP contribution in [-0.4, -0.2) is 13.1 Å². The van der Waals surface area contributed by atoms with Crippen LogP contribution in [0.3, 0.4) is 0 Å². The van der Waals surface area contributed by atoms with Crippen LogP contribution in [0.2, 0.25) is 0 Å². The van der Waals surface area contributed by atoms with Crippen LogP contribution in [0.4, 0.5) is 5.69 Å². The van der Waals surface area contributed by atoms with Crippen LogP contribution < -0.4 is 4.90 Å². The van der Waals surface area contributed by atoms with Gasteiger partial charge in [-0.15, -0.1) is 22.9 Å². The van der Waals surface area contributed by atoms with Crippen molar-refractivity contribution in [1.82, 2.24) is 0 Å². The second-order valence-corrected chi connectivity index (χ2v) is 6.87. The lowest BCUT2D eigenvalue weighted by molar-refractivity contribution is 0.686. The van der Waals surface area contributed by atoms with E-state index in [1.54, 1.807) is 0 Å². The van der Waals surface area contributed by atoms with Crippen molar-refractivity contribution in [3.05, 3.63) is 50.6 Å². The van der Waals surface area contributed by atoms with Crippen LogP contribution >= 0.6 is 38.9 Å². The minimum Gasteiger partial charge on any atom is -0.371 e. The van der Waals surface area contributed by atoms with Crippen molar-refractivity contribution in [1.29, 1.82) is 0 Å². The number of nitrogens with zero attached hydrogens (tertiary/aromatic N) is 1. The number of hydrogen-bond donors (Lipinski definition) is 0. The molecule has 0 fully saturated rings. The highest BCUT2D eigenvalue weighted by Crippen LogP contribution is 2.28. The Morgan fingerprint density at radius 1 is 1.37 bits per heavy atom. The summed E-state index contributed by atoms with van der Waals surface area (Å²) >= 11 is 11.4. The Morgan fingerprint density at radius 3 is 2.79 bits per heavy atom. The van der Waals surface area contributed by atoms with Gasteiger partial charge in [-0.2, -0.15) is 0 Å². The van der Waals surface area contributed by atoms with Crippen molar-refractivity contribution in [2.45, 2.75) is 25.3 Å². The number of hydrogen-bond acceptors (Lipinski definition) is 2. The fraction of sp³-hybridized carbons (Fsp3) is 0.333. The summed E-state index contributed by atoms with van der Waals surface area (Å²) < 4.78 is 1.09. The van der Waals surface area contributed by atoms with E-state index in [-0.39, 0.29) is 0 Å². The number of thiophene rings is 1. The van der Waals surface area contributed by atoms with Gasteiger partial charge in [0.2, 0.25) is 0 Å². The first-order chi connectivity index (χ1) is 9.11. The molecule has 1 atom stereocenters. The highest BCUT2D eigenvalue weighted by molar-refractivity contribution is 9.10. The van der Waals surface area contributed by atoms with E-state index in [4.69, 9.17) is 11.6 Å². The molecule has 0 saturated heterocycles. The van der Waals surface area contributed by atoms with Gasteiger partial charge in [-0.3, -0.25) is 0 Å². The number of rotatable bonds is 5. The summed E-state index contributed by atoms with van der Waals surface area (Å²) in [5.41, 5.74) is 2.37. The summed E-state index contributed by atoms with van der Waals surface area (Å²) in [6.45, 7) is 2.25. The quantitative estimate of drug-likeness (QED) is 0.654. The molecule has 1 nitrogen and oxygen atoms in total. The Balaban J connectivity index is 2.18. The molecular formula is C15H17BrClNS. The Kier molecular flexibility index (Phi) is 5.31. The fourth-order valence-electron chi connectivity index (χ4n) is 2.07. The summed E-state index contributed by atoms with van der Waals surface area (Å²) in [5.74, 6) is 0.540. The Morgan fingerprint density at radius 2 is 2.16 bits per heavy atom. The van der Waals surface area contributed by atoms with E-state index in [2.05, 4.69) is 64.4 Å². The predicted octanol–water partition coefficient (Wildman–Crippen LogP) is 5.32. The summed E-state index contributed by atoms with van der Waals surface area (Å²) in [5, 5.41) is 2.13. The zero-order chi connectivity index (χ0) is 13.8. The zero-order valence-electron chi connectivity index (χ0n) is 11.1. The van der Waals surface area contributed by atoms with Gasteiger partial charge in [0.05, 0.1) is 0 Å². The molecule has 4 heteroatoms. The molecule has 0 spiro atoms. The number of alkyl halides is 1. The van der Waals surface area contributed by atoms with E-state index in [9.17, 15) is 0 Å². The minimum atomic E-state index is 0.440. The lowest BCUT2D eigenvalue weighted by Gasteiger charge is -2.28. The van der Waals surface area contributed by atoms with Crippen molar-refractivity contribution < 1.29 is 0 Å². The third-order valence-electron chi connectivity index (χ3n) is 3.31. The lowest BCUT2D eigenvalue weighted by atomic mass is 10.1. The minimum absolute atomic E-state index is 0.440. The molecule has 0 amide bonds. The SMILES string of the molecule is CC(Cc1cccs1)N(C)c1cc(Br)ccc1CCl. The third-order valence-corrected chi connectivity index (χ3v) is 4.99. The first kappa shape index (κ1) is 14.9. The van der Waals surface area contributed by atoms with Gasteiger partial charge in [0.25, 0.3) is 0 Å². The lowest BCUT2D eigenvalue weighted by Crippen LogP contribution is -2.31. The van der Waals surface area contributed by atoms with Crippen LogP contribution in [0.25, 0.3) is 0 Å². The first-order valence-corrected chi connectivity index (χ1v) is 8.42. The molecule has 2 aromatic rings. The number of anilines is 1. The molecule has 1 unspecified atom stereocenters. The van der Waals surface area contributed by atoms with E-state index >= 15 is 0 Å². The molecule has 0 bridgehead atoms. The van der Waals surface area contributed by atoms with Gasteiger partial charge in [-0.25, -0.2) is 0 Å². The van der Waals surface area contributed by atoms with Gasteiger partial charge < -0.3 is 4.90 Å². The smallest absolute Gasteiger partial charge is 0.0494 e. The van der Waals surface area contributed by atoms with Crippen LogP contribution in [-0.2, 0) is 12.3 Å². The average Bonchev–Trinajstić information content (AvgIpc) is 2.90. The summed E-state index contributed by atoms with van der Waals surface area (Å²) in [7, 11) is 2.14. The summed E-state index contributed by atoms with van der Waals surface area (Å²) in [4.78, 5) is 3.73. The molecule has 0 saturated carbocycles. The van der Waals surface area contributed by atoms with E-state index < -0.39 is 0 Å². The maximum atomic E-state index is 6.04. The van der Waals surface area contributed by atoms with Crippen molar-refractivity contribution in [2.75, 3.05) is 11.9 Å². The molecule has 0 radical (unpaired) electrons. The number of likely N-dealkylation sites (N-methyl/N-ethyl adjacent to an activating group) is 1. The second kappa shape index (κ2) is 6.78. The topological polar surface area (TPSA) is 3.24 Å². The van der Waals surface area contributed by atoms with Crippen molar-refractivity contribution >= 4 is 44.6 Å². The fourth-order valence-corrected chi connectivity index (χ4v) is 3.47. The molecule has 1 heterocycles. The van der Waals surface area contributed by atoms with Crippen molar-refractivity contribution in [3.8, 4) is 0 Å². The van der Waals surface area contributed by atoms with Gasteiger partial charge in [0, 0.05) is 40.4 Å².